The lowest BCUT2D eigenvalue weighted by Crippen LogP contribution is -2.35. The summed E-state index contributed by atoms with van der Waals surface area (Å²) in [4.78, 5) is 16.2. The number of hydrogen-bond donors (Lipinski definition) is 2. The van der Waals surface area contributed by atoms with Gasteiger partial charge in [0.1, 0.15) is 5.82 Å². The van der Waals surface area contributed by atoms with Crippen LogP contribution in [0.25, 0.3) is 11.3 Å². The number of anilines is 1. The van der Waals surface area contributed by atoms with E-state index < -0.39 is 0 Å². The Bertz CT molecular complexity index is 628. The molecule has 2 heterocycles. The van der Waals surface area contributed by atoms with Crippen molar-refractivity contribution in [3.63, 3.8) is 0 Å². The average molecular weight is 328 g/mol. The average Bonchev–Trinajstić information content (AvgIpc) is 3.10. The largest absolute Gasteiger partial charge is 0.306 e. The van der Waals surface area contributed by atoms with Crippen LogP contribution in [0.1, 0.15) is 12.8 Å². The molecule has 1 aromatic heterocycles. The van der Waals surface area contributed by atoms with Gasteiger partial charge in [-0.3, -0.25) is 4.79 Å². The Hall–Kier alpha value is -1.50. The van der Waals surface area contributed by atoms with E-state index in [2.05, 4.69) is 15.6 Å². The molecule has 1 aromatic carbocycles. The van der Waals surface area contributed by atoms with Crippen molar-refractivity contribution in [2.24, 2.45) is 0 Å². The summed E-state index contributed by atoms with van der Waals surface area (Å²) in [5, 5.41) is 8.15. The first-order chi connectivity index (χ1) is 9.74. The molecule has 2 N–H and O–H groups in total. The van der Waals surface area contributed by atoms with Crippen molar-refractivity contribution in [1.82, 2.24) is 10.3 Å². The Morgan fingerprint density at radius 3 is 2.95 bits per heavy atom. The van der Waals surface area contributed by atoms with Crippen LogP contribution in [0.2, 0.25) is 0 Å². The number of thiazole rings is 1. The number of carbonyl (C=O) groups excluding carboxylic acids is 1. The second kappa shape index (κ2) is 6.98. The number of carbonyl (C=O) groups is 1. The Morgan fingerprint density at radius 2 is 2.24 bits per heavy atom. The molecule has 1 aliphatic rings. The Morgan fingerprint density at radius 1 is 1.43 bits per heavy atom. The molecule has 21 heavy (non-hydrogen) atoms. The number of rotatable bonds is 3. The minimum absolute atomic E-state index is 0. The van der Waals surface area contributed by atoms with Gasteiger partial charge in [0.05, 0.1) is 11.7 Å². The summed E-state index contributed by atoms with van der Waals surface area (Å²) in [5.74, 6) is -0.384. The molecule has 0 bridgehead atoms. The molecule has 1 unspecified atom stereocenters. The minimum Gasteiger partial charge on any atom is -0.306 e. The molecule has 7 heteroatoms. The van der Waals surface area contributed by atoms with Crippen molar-refractivity contribution in [1.29, 1.82) is 0 Å². The van der Waals surface area contributed by atoms with Crippen LogP contribution in [0.3, 0.4) is 0 Å². The maximum absolute atomic E-state index is 13.7. The van der Waals surface area contributed by atoms with E-state index in [1.165, 1.54) is 17.4 Å². The van der Waals surface area contributed by atoms with Gasteiger partial charge >= 0.3 is 0 Å². The van der Waals surface area contributed by atoms with Crippen LogP contribution in [0.5, 0.6) is 0 Å². The van der Waals surface area contributed by atoms with Crippen LogP contribution in [-0.4, -0.2) is 23.5 Å². The summed E-state index contributed by atoms with van der Waals surface area (Å²) >= 11 is 1.30. The van der Waals surface area contributed by atoms with E-state index in [0.29, 0.717) is 16.4 Å². The van der Waals surface area contributed by atoms with Gasteiger partial charge in [0, 0.05) is 10.9 Å². The first-order valence-corrected chi connectivity index (χ1v) is 7.36. The Labute approximate surface area is 132 Å². The smallest absolute Gasteiger partial charge is 0.243 e. The number of benzene rings is 1. The molecule has 2 aromatic rings. The monoisotopic (exact) mass is 327 g/mol. The summed E-state index contributed by atoms with van der Waals surface area (Å²) in [6, 6.07) is 6.33. The second-order valence-electron chi connectivity index (χ2n) is 4.66. The number of halogens is 2. The molecule has 1 atom stereocenters. The van der Waals surface area contributed by atoms with Crippen molar-refractivity contribution in [3.05, 3.63) is 35.5 Å². The summed E-state index contributed by atoms with van der Waals surface area (Å²) in [7, 11) is 0. The third kappa shape index (κ3) is 3.58. The van der Waals surface area contributed by atoms with Crippen LogP contribution in [0.4, 0.5) is 9.52 Å². The minimum atomic E-state index is -0.312. The number of hydrogen-bond acceptors (Lipinski definition) is 4. The van der Waals surface area contributed by atoms with E-state index in [0.717, 1.165) is 19.4 Å². The molecule has 0 aliphatic carbocycles. The lowest BCUT2D eigenvalue weighted by atomic mass is 10.2. The van der Waals surface area contributed by atoms with Crippen LogP contribution in [0.15, 0.2) is 29.6 Å². The van der Waals surface area contributed by atoms with Crippen molar-refractivity contribution < 1.29 is 9.18 Å². The summed E-state index contributed by atoms with van der Waals surface area (Å²) < 4.78 is 13.7. The van der Waals surface area contributed by atoms with Gasteiger partial charge in [0.15, 0.2) is 5.13 Å². The highest BCUT2D eigenvalue weighted by atomic mass is 35.5. The number of aromatic nitrogens is 1. The van der Waals surface area contributed by atoms with Crippen LogP contribution in [0, 0.1) is 5.82 Å². The Kier molecular flexibility index (Phi) is 5.27. The highest BCUT2D eigenvalue weighted by molar-refractivity contribution is 7.14. The van der Waals surface area contributed by atoms with Gasteiger partial charge in [-0.2, -0.15) is 0 Å². The lowest BCUT2D eigenvalue weighted by Gasteiger charge is -2.08. The maximum Gasteiger partial charge on any atom is 0.243 e. The quantitative estimate of drug-likeness (QED) is 0.911. The summed E-state index contributed by atoms with van der Waals surface area (Å²) in [5.41, 5.74) is 0.992. The van der Waals surface area contributed by atoms with Crippen molar-refractivity contribution in [2.75, 3.05) is 11.9 Å². The third-order valence-corrected chi connectivity index (χ3v) is 4.02. The molecule has 1 saturated heterocycles. The molecule has 0 spiro atoms. The zero-order valence-corrected chi connectivity index (χ0v) is 12.8. The molecule has 0 saturated carbocycles. The number of nitrogens with one attached hydrogen (secondary N) is 2. The molecule has 0 radical (unpaired) electrons. The molecule has 4 nitrogen and oxygen atoms in total. The molecule has 1 fully saturated rings. The van der Waals surface area contributed by atoms with E-state index in [1.807, 2.05) is 0 Å². The zero-order chi connectivity index (χ0) is 13.9. The van der Waals surface area contributed by atoms with Gasteiger partial charge in [-0.1, -0.05) is 12.1 Å². The van der Waals surface area contributed by atoms with Crippen LogP contribution < -0.4 is 10.6 Å². The predicted molar refractivity (Wildman–Crippen MR) is 84.4 cm³/mol. The molecule has 1 aliphatic heterocycles. The normalized spacial score (nSPS) is 17.3. The van der Waals surface area contributed by atoms with E-state index >= 15 is 0 Å². The molecule has 3 rings (SSSR count). The number of nitrogens with zero attached hydrogens (tertiary/aromatic N) is 1. The van der Waals surface area contributed by atoms with Gasteiger partial charge in [0.2, 0.25) is 5.91 Å². The fraction of sp³-hybridized carbons (Fsp3) is 0.286. The summed E-state index contributed by atoms with van der Waals surface area (Å²) in [6.45, 7) is 0.871. The maximum atomic E-state index is 13.7. The van der Waals surface area contributed by atoms with Crippen molar-refractivity contribution >= 4 is 34.8 Å². The fourth-order valence-corrected chi connectivity index (χ4v) is 2.94. The highest BCUT2D eigenvalue weighted by Gasteiger charge is 2.22. The highest BCUT2D eigenvalue weighted by Crippen LogP contribution is 2.27. The van der Waals surface area contributed by atoms with Crippen LogP contribution >= 0.6 is 23.7 Å². The molecule has 1 amide bonds. The first-order valence-electron chi connectivity index (χ1n) is 6.49. The van der Waals surface area contributed by atoms with Gasteiger partial charge < -0.3 is 10.6 Å². The SMILES string of the molecule is Cl.O=C(Nc1nc(-c2ccccc2F)cs1)C1CCCN1. The van der Waals surface area contributed by atoms with Gasteiger partial charge in [-0.15, -0.1) is 23.7 Å². The van der Waals surface area contributed by atoms with E-state index in [4.69, 9.17) is 0 Å². The summed E-state index contributed by atoms with van der Waals surface area (Å²) in [6.07, 6.45) is 1.85. The van der Waals surface area contributed by atoms with E-state index in [9.17, 15) is 9.18 Å². The van der Waals surface area contributed by atoms with Crippen LogP contribution in [-0.2, 0) is 4.79 Å². The van der Waals surface area contributed by atoms with Crippen molar-refractivity contribution in [3.8, 4) is 11.3 Å². The fourth-order valence-electron chi connectivity index (χ4n) is 2.22. The Balaban J connectivity index is 0.00000161. The zero-order valence-electron chi connectivity index (χ0n) is 11.1. The lowest BCUT2D eigenvalue weighted by molar-refractivity contribution is -0.117. The third-order valence-electron chi connectivity index (χ3n) is 3.26. The molecule has 112 valence electrons. The first kappa shape index (κ1) is 15.9. The van der Waals surface area contributed by atoms with Gasteiger partial charge in [-0.25, -0.2) is 9.37 Å². The van der Waals surface area contributed by atoms with Crippen molar-refractivity contribution in [2.45, 2.75) is 18.9 Å². The van der Waals surface area contributed by atoms with E-state index in [1.54, 1.807) is 23.6 Å². The predicted octanol–water partition coefficient (Wildman–Crippen LogP) is 3.06. The standard InChI is InChI=1S/C14H14FN3OS.ClH/c15-10-5-2-1-4-9(10)12-8-20-14(17-12)18-13(19)11-6-3-7-16-11;/h1-2,4-5,8,11,16H,3,6-7H2,(H,17,18,19);1H. The molecular formula is C14H15ClFN3OS. The van der Waals surface area contributed by atoms with Gasteiger partial charge in [-0.05, 0) is 31.5 Å². The van der Waals surface area contributed by atoms with E-state index in [-0.39, 0.29) is 30.2 Å². The van der Waals surface area contributed by atoms with Gasteiger partial charge in [0.25, 0.3) is 0 Å². The second-order valence-corrected chi connectivity index (χ2v) is 5.51. The number of amides is 1. The topological polar surface area (TPSA) is 54.0 Å². The molecular weight excluding hydrogens is 313 g/mol.